The summed E-state index contributed by atoms with van der Waals surface area (Å²) in [6, 6.07) is 26.3. The fraction of sp³-hybridized carbons (Fsp3) is 0.154. The Hall–Kier alpha value is -6.03. The lowest BCUT2D eigenvalue weighted by Gasteiger charge is -2.01. The van der Waals surface area contributed by atoms with Gasteiger partial charge in [-0.25, -0.2) is 14.4 Å². The Morgan fingerprint density at radius 2 is 0.622 bits per heavy atom. The highest BCUT2D eigenvalue weighted by atomic mass is 16.5. The summed E-state index contributed by atoms with van der Waals surface area (Å²) in [5, 5.41) is 0. The number of esters is 3. The molecule has 6 nitrogen and oxygen atoms in total. The van der Waals surface area contributed by atoms with Crippen molar-refractivity contribution in [2.24, 2.45) is 0 Å². The maximum Gasteiger partial charge on any atom is 0.338 e. The Morgan fingerprint density at radius 1 is 0.400 bits per heavy atom. The first-order valence-corrected chi connectivity index (χ1v) is 14.4. The van der Waals surface area contributed by atoms with Crippen molar-refractivity contribution in [2.45, 2.75) is 20.8 Å². The molecule has 45 heavy (non-hydrogen) atoms. The summed E-state index contributed by atoms with van der Waals surface area (Å²) >= 11 is 0. The zero-order valence-corrected chi connectivity index (χ0v) is 25.2. The molecule has 0 aliphatic carbocycles. The van der Waals surface area contributed by atoms with E-state index in [-0.39, 0.29) is 17.9 Å². The molecule has 4 aromatic carbocycles. The predicted molar refractivity (Wildman–Crippen MR) is 172 cm³/mol. The fourth-order valence-corrected chi connectivity index (χ4v) is 3.99. The number of rotatable bonds is 6. The molecule has 0 saturated carbocycles. The minimum absolute atomic E-state index is 0.308. The predicted octanol–water partition coefficient (Wildman–Crippen LogP) is 6.42. The summed E-state index contributed by atoms with van der Waals surface area (Å²) in [4.78, 5) is 35.9. The molecule has 0 spiro atoms. The van der Waals surface area contributed by atoms with Gasteiger partial charge < -0.3 is 14.2 Å². The van der Waals surface area contributed by atoms with Crippen molar-refractivity contribution >= 4 is 17.9 Å². The second-order valence-corrected chi connectivity index (χ2v) is 9.44. The van der Waals surface area contributed by atoms with Crippen LogP contribution < -0.4 is 0 Å². The molecular formula is C39H30O6. The molecular weight excluding hydrogens is 564 g/mol. The standard InChI is InChI=1S/C39H30O6/c1-4-43-37(40)34-19-13-28(14-20-34)7-10-31-25-32(11-8-29-15-21-35(22-16-29)38(41)44-5-2)27-33(26-31)12-9-30-17-23-36(24-18-30)39(42)45-6-3/h13-27H,4-6H2,1-3H3. The largest absolute Gasteiger partial charge is 0.462 e. The first kappa shape index (κ1) is 31.9. The van der Waals surface area contributed by atoms with Crippen LogP contribution in [0.15, 0.2) is 91.0 Å². The van der Waals surface area contributed by atoms with E-state index in [1.807, 2.05) is 18.2 Å². The average Bonchev–Trinajstić information content (AvgIpc) is 3.06. The molecule has 222 valence electrons. The van der Waals surface area contributed by atoms with Gasteiger partial charge in [0.15, 0.2) is 0 Å². The third-order valence-corrected chi connectivity index (χ3v) is 6.17. The molecule has 0 aliphatic rings. The molecule has 0 N–H and O–H groups in total. The number of carbonyl (C=O) groups excluding carboxylic acids is 3. The van der Waals surface area contributed by atoms with Crippen molar-refractivity contribution in [3.8, 4) is 35.5 Å². The third kappa shape index (κ3) is 9.48. The van der Waals surface area contributed by atoms with Crippen LogP contribution in [-0.2, 0) is 14.2 Å². The van der Waals surface area contributed by atoms with Crippen molar-refractivity contribution in [3.63, 3.8) is 0 Å². The summed E-state index contributed by atoms with van der Waals surface area (Å²) < 4.78 is 15.1. The van der Waals surface area contributed by atoms with Gasteiger partial charge in [-0.3, -0.25) is 0 Å². The molecule has 4 rings (SSSR count). The Morgan fingerprint density at radius 3 is 0.844 bits per heavy atom. The lowest BCUT2D eigenvalue weighted by molar-refractivity contribution is 0.0516. The third-order valence-electron chi connectivity index (χ3n) is 6.17. The van der Waals surface area contributed by atoms with Crippen LogP contribution >= 0.6 is 0 Å². The summed E-state index contributed by atoms with van der Waals surface area (Å²) in [6.45, 7) is 6.21. The molecule has 0 aromatic heterocycles. The van der Waals surface area contributed by atoms with Crippen LogP contribution in [0.5, 0.6) is 0 Å². The van der Waals surface area contributed by atoms with E-state index in [0.29, 0.717) is 53.2 Å². The highest BCUT2D eigenvalue weighted by Crippen LogP contribution is 2.12. The number of hydrogen-bond donors (Lipinski definition) is 0. The number of carbonyl (C=O) groups is 3. The van der Waals surface area contributed by atoms with Gasteiger partial charge in [0.1, 0.15) is 0 Å². The van der Waals surface area contributed by atoms with Gasteiger partial charge in [0.05, 0.1) is 36.5 Å². The highest BCUT2D eigenvalue weighted by molar-refractivity contribution is 5.90. The lowest BCUT2D eigenvalue weighted by Crippen LogP contribution is -2.04. The average molecular weight is 595 g/mol. The first-order valence-electron chi connectivity index (χ1n) is 14.4. The van der Waals surface area contributed by atoms with E-state index in [1.165, 1.54) is 0 Å². The zero-order chi connectivity index (χ0) is 32.0. The molecule has 0 saturated heterocycles. The monoisotopic (exact) mass is 594 g/mol. The Balaban J connectivity index is 1.64. The molecule has 0 fully saturated rings. The number of hydrogen-bond acceptors (Lipinski definition) is 6. The minimum atomic E-state index is -0.377. The summed E-state index contributed by atoms with van der Waals surface area (Å²) in [5.74, 6) is 17.8. The van der Waals surface area contributed by atoms with Gasteiger partial charge in [0, 0.05) is 33.4 Å². The van der Waals surface area contributed by atoms with Crippen LogP contribution in [0.25, 0.3) is 0 Å². The van der Waals surface area contributed by atoms with Crippen molar-refractivity contribution in [2.75, 3.05) is 19.8 Å². The number of benzene rings is 4. The van der Waals surface area contributed by atoms with E-state index in [4.69, 9.17) is 14.2 Å². The Bertz CT molecular complexity index is 1630. The lowest BCUT2D eigenvalue weighted by atomic mass is 10.0. The smallest absolute Gasteiger partial charge is 0.338 e. The second-order valence-electron chi connectivity index (χ2n) is 9.44. The van der Waals surface area contributed by atoms with Crippen LogP contribution in [0.1, 0.15) is 85.2 Å². The summed E-state index contributed by atoms with van der Waals surface area (Å²) in [6.07, 6.45) is 0. The van der Waals surface area contributed by atoms with Crippen molar-refractivity contribution in [3.05, 3.63) is 141 Å². The van der Waals surface area contributed by atoms with Gasteiger partial charge in [0.2, 0.25) is 0 Å². The van der Waals surface area contributed by atoms with Gasteiger partial charge in [-0.15, -0.1) is 0 Å². The van der Waals surface area contributed by atoms with E-state index in [0.717, 1.165) is 16.7 Å². The molecule has 0 heterocycles. The molecule has 4 aromatic rings. The van der Waals surface area contributed by atoms with Crippen LogP contribution in [0.3, 0.4) is 0 Å². The Kier molecular flexibility index (Phi) is 11.3. The van der Waals surface area contributed by atoms with Gasteiger partial charge in [-0.2, -0.15) is 0 Å². The van der Waals surface area contributed by atoms with Crippen LogP contribution in [-0.4, -0.2) is 37.7 Å². The normalized spacial score (nSPS) is 9.67. The van der Waals surface area contributed by atoms with E-state index >= 15 is 0 Å². The van der Waals surface area contributed by atoms with Crippen LogP contribution in [0.4, 0.5) is 0 Å². The van der Waals surface area contributed by atoms with Crippen molar-refractivity contribution in [1.29, 1.82) is 0 Å². The molecule has 6 heteroatoms. The van der Waals surface area contributed by atoms with Crippen LogP contribution in [0, 0.1) is 35.5 Å². The second kappa shape index (κ2) is 16.0. The quantitative estimate of drug-likeness (QED) is 0.146. The topological polar surface area (TPSA) is 78.9 Å². The van der Waals surface area contributed by atoms with Gasteiger partial charge in [0.25, 0.3) is 0 Å². The zero-order valence-electron chi connectivity index (χ0n) is 25.2. The molecule has 0 aliphatic heterocycles. The molecule has 0 radical (unpaired) electrons. The fourth-order valence-electron chi connectivity index (χ4n) is 3.99. The SMILES string of the molecule is CCOC(=O)c1ccc(C#Cc2cc(C#Cc3ccc(C(=O)OCC)cc3)cc(C#Cc3ccc(C(=O)OCC)cc3)c2)cc1. The van der Waals surface area contributed by atoms with Crippen molar-refractivity contribution < 1.29 is 28.6 Å². The van der Waals surface area contributed by atoms with Gasteiger partial charge in [-0.1, -0.05) is 35.5 Å². The maximum atomic E-state index is 12.0. The van der Waals surface area contributed by atoms with Crippen molar-refractivity contribution in [1.82, 2.24) is 0 Å². The summed E-state index contributed by atoms with van der Waals surface area (Å²) in [5.41, 5.74) is 5.69. The highest BCUT2D eigenvalue weighted by Gasteiger charge is 2.07. The summed E-state index contributed by atoms with van der Waals surface area (Å²) in [7, 11) is 0. The number of ether oxygens (including phenoxy) is 3. The van der Waals surface area contributed by atoms with E-state index in [9.17, 15) is 14.4 Å². The van der Waals surface area contributed by atoms with Gasteiger partial charge >= 0.3 is 17.9 Å². The first-order chi connectivity index (χ1) is 21.9. The van der Waals surface area contributed by atoms with Crippen LogP contribution in [0.2, 0.25) is 0 Å². The Labute approximate surface area is 263 Å². The van der Waals surface area contributed by atoms with E-state index < -0.39 is 0 Å². The molecule has 0 atom stereocenters. The van der Waals surface area contributed by atoms with E-state index in [2.05, 4.69) is 35.5 Å². The van der Waals surface area contributed by atoms with Gasteiger partial charge in [-0.05, 0) is 112 Å². The molecule has 0 amide bonds. The maximum absolute atomic E-state index is 12.0. The minimum Gasteiger partial charge on any atom is -0.462 e. The molecule has 0 unspecified atom stereocenters. The van der Waals surface area contributed by atoms with E-state index in [1.54, 1.807) is 93.6 Å². The molecule has 0 bridgehead atoms.